The molecule has 6 rings (SSSR count). The van der Waals surface area contributed by atoms with Crippen LogP contribution in [-0.2, 0) is 18.9 Å². The normalized spacial score (nSPS) is 29.6. The van der Waals surface area contributed by atoms with E-state index >= 15 is 0 Å². The third kappa shape index (κ3) is 7.14. The Morgan fingerprint density at radius 3 is 2.59 bits per heavy atom. The van der Waals surface area contributed by atoms with E-state index in [1.165, 1.54) is 6.08 Å². The molecular weight excluding hydrogens is 631 g/mol. The maximum Gasteiger partial charge on any atom is 0.481 e. The second-order valence-electron chi connectivity index (χ2n) is 13.7. The summed E-state index contributed by atoms with van der Waals surface area (Å²) in [6.07, 6.45) is 6.15. The number of hydrogen-bond donors (Lipinski definition) is 4. The molecule has 2 aliphatic heterocycles. The molecule has 2 bridgehead atoms. The first-order chi connectivity index (χ1) is 20.8. The summed E-state index contributed by atoms with van der Waals surface area (Å²) in [5, 5.41) is 20.2. The van der Waals surface area contributed by atoms with Gasteiger partial charge >= 0.3 is 7.12 Å². The molecule has 240 valence electrons. The van der Waals surface area contributed by atoms with Crippen molar-refractivity contribution in [2.24, 2.45) is 23.2 Å². The van der Waals surface area contributed by atoms with Crippen molar-refractivity contribution >= 4 is 40.9 Å². The average molecular weight is 675 g/mol. The van der Waals surface area contributed by atoms with Crippen molar-refractivity contribution in [3.05, 3.63) is 50.5 Å². The largest absolute Gasteiger partial charge is 0.481 e. The molecule has 2 amide bonds. The fourth-order valence-electron chi connectivity index (χ4n) is 7.25. The molecule has 2 saturated heterocycles. The van der Waals surface area contributed by atoms with Gasteiger partial charge in [0.25, 0.3) is 0 Å². The number of benzene rings is 1. The minimum Gasteiger partial charge on any atom is -0.404 e. The van der Waals surface area contributed by atoms with Gasteiger partial charge in [0, 0.05) is 10.5 Å². The lowest BCUT2D eigenvalue weighted by molar-refractivity contribution is -0.627. The SMILES string of the molecule is CC(C)C[C@H](NC(=O)[C@H](CCCNC1NN1[N+](=O)[O-])NC(=O)C=Cc1ccc(Br)cc1)B1O[C@@H]2C[C@@H]3C[C@@H](C3(C)C)[C@]2(C)O1. The first kappa shape index (κ1) is 32.9. The van der Waals surface area contributed by atoms with E-state index in [9.17, 15) is 19.7 Å². The van der Waals surface area contributed by atoms with Crippen LogP contribution in [0.4, 0.5) is 0 Å². The Labute approximate surface area is 267 Å². The zero-order valence-corrected chi connectivity index (χ0v) is 27.6. The number of rotatable bonds is 14. The zero-order chi connectivity index (χ0) is 31.8. The van der Waals surface area contributed by atoms with Crippen LogP contribution in [-0.4, -0.2) is 65.6 Å². The molecule has 4 N–H and O–H groups in total. The molecule has 7 atom stereocenters. The quantitative estimate of drug-likeness (QED) is 0.0580. The Kier molecular flexibility index (Phi) is 9.76. The zero-order valence-electron chi connectivity index (χ0n) is 26.0. The van der Waals surface area contributed by atoms with Crippen molar-refractivity contribution in [2.75, 3.05) is 6.54 Å². The van der Waals surface area contributed by atoms with Crippen LogP contribution in [0.15, 0.2) is 34.8 Å². The highest BCUT2D eigenvalue weighted by atomic mass is 79.9. The van der Waals surface area contributed by atoms with Gasteiger partial charge in [-0.25, -0.2) is 10.1 Å². The minimum absolute atomic E-state index is 0.00377. The third-order valence-electron chi connectivity index (χ3n) is 9.90. The third-order valence-corrected chi connectivity index (χ3v) is 10.4. The van der Waals surface area contributed by atoms with Gasteiger partial charge < -0.3 is 19.9 Å². The Morgan fingerprint density at radius 2 is 1.95 bits per heavy atom. The van der Waals surface area contributed by atoms with Crippen LogP contribution in [0.2, 0.25) is 0 Å². The Morgan fingerprint density at radius 1 is 1.23 bits per heavy atom. The van der Waals surface area contributed by atoms with E-state index in [1.54, 1.807) is 6.08 Å². The molecule has 0 spiro atoms. The van der Waals surface area contributed by atoms with E-state index in [4.69, 9.17) is 9.31 Å². The van der Waals surface area contributed by atoms with E-state index in [1.807, 2.05) is 24.3 Å². The second kappa shape index (κ2) is 13.1. The van der Waals surface area contributed by atoms with Gasteiger partial charge in [0.05, 0.1) is 17.6 Å². The van der Waals surface area contributed by atoms with Crippen molar-refractivity contribution in [3.8, 4) is 0 Å². The van der Waals surface area contributed by atoms with E-state index < -0.39 is 36.0 Å². The van der Waals surface area contributed by atoms with Gasteiger partial charge in [0.2, 0.25) is 18.1 Å². The van der Waals surface area contributed by atoms with E-state index in [2.05, 4.69) is 71.9 Å². The van der Waals surface area contributed by atoms with Crippen LogP contribution in [0.5, 0.6) is 0 Å². The predicted molar refractivity (Wildman–Crippen MR) is 170 cm³/mol. The number of nitrogens with one attached hydrogen (secondary N) is 4. The van der Waals surface area contributed by atoms with E-state index in [0.717, 1.165) is 28.0 Å². The van der Waals surface area contributed by atoms with Crippen LogP contribution in [0.1, 0.15) is 72.3 Å². The van der Waals surface area contributed by atoms with Crippen molar-refractivity contribution in [1.82, 2.24) is 26.5 Å². The first-order valence-corrected chi connectivity index (χ1v) is 16.4. The smallest absolute Gasteiger partial charge is 0.404 e. The summed E-state index contributed by atoms with van der Waals surface area (Å²) in [6, 6.07) is 6.71. The summed E-state index contributed by atoms with van der Waals surface area (Å²) in [4.78, 5) is 37.6. The number of nitrogens with zero attached hydrogens (tertiary/aromatic N) is 2. The monoisotopic (exact) mass is 674 g/mol. The highest BCUT2D eigenvalue weighted by molar-refractivity contribution is 9.10. The molecule has 3 aliphatic carbocycles. The molecule has 0 aromatic heterocycles. The molecule has 5 aliphatic rings. The maximum absolute atomic E-state index is 13.8. The molecule has 1 aromatic carbocycles. The van der Waals surface area contributed by atoms with Crippen LogP contribution in [0, 0.1) is 33.3 Å². The average Bonchev–Trinajstić information content (AvgIpc) is 3.65. The number of carbonyl (C=O) groups is 2. The number of carbonyl (C=O) groups excluding carboxylic acids is 2. The van der Waals surface area contributed by atoms with Crippen molar-refractivity contribution in [2.45, 2.75) is 96.7 Å². The Balaban J connectivity index is 1.24. The number of amides is 2. The number of nitro groups is 1. The first-order valence-electron chi connectivity index (χ1n) is 15.6. The molecule has 44 heavy (non-hydrogen) atoms. The van der Waals surface area contributed by atoms with Gasteiger partial charge in [-0.1, -0.05) is 55.8 Å². The van der Waals surface area contributed by atoms with Crippen LogP contribution < -0.4 is 21.4 Å². The fraction of sp³-hybridized carbons (Fsp3) is 0.667. The van der Waals surface area contributed by atoms with Crippen molar-refractivity contribution < 1.29 is 23.9 Å². The summed E-state index contributed by atoms with van der Waals surface area (Å²) in [5.74, 6) is 0.213. The van der Waals surface area contributed by atoms with Crippen LogP contribution in [0.25, 0.3) is 6.08 Å². The predicted octanol–water partition coefficient (Wildman–Crippen LogP) is 3.41. The molecular formula is C30H44BBrN6O6. The van der Waals surface area contributed by atoms with Gasteiger partial charge in [-0.05, 0) is 97.6 Å². The lowest BCUT2D eigenvalue weighted by Crippen LogP contribution is -2.65. The van der Waals surface area contributed by atoms with Gasteiger partial charge in [0.1, 0.15) is 6.04 Å². The molecule has 0 radical (unpaired) electrons. The van der Waals surface area contributed by atoms with Crippen molar-refractivity contribution in [3.63, 3.8) is 0 Å². The topological polar surface area (TPSA) is 157 Å². The van der Waals surface area contributed by atoms with Gasteiger partial charge in [-0.15, -0.1) is 5.43 Å². The number of halogens is 1. The highest BCUT2D eigenvalue weighted by Gasteiger charge is 2.68. The summed E-state index contributed by atoms with van der Waals surface area (Å²) >= 11 is 3.41. The van der Waals surface area contributed by atoms with Crippen LogP contribution >= 0.6 is 15.9 Å². The minimum atomic E-state index is -0.821. The summed E-state index contributed by atoms with van der Waals surface area (Å²) in [6.45, 7) is 11.4. The molecule has 12 nitrogen and oxygen atoms in total. The molecule has 14 heteroatoms. The second-order valence-corrected chi connectivity index (χ2v) is 14.7. The lowest BCUT2D eigenvalue weighted by atomic mass is 9.43. The van der Waals surface area contributed by atoms with Gasteiger partial charge in [-0.2, -0.15) is 0 Å². The van der Waals surface area contributed by atoms with Gasteiger partial charge in [0.15, 0.2) is 5.03 Å². The molecule has 5 fully saturated rings. The van der Waals surface area contributed by atoms with E-state index in [0.29, 0.717) is 37.6 Å². The fourth-order valence-corrected chi connectivity index (χ4v) is 7.51. The number of hydrogen-bond acceptors (Lipinski definition) is 8. The summed E-state index contributed by atoms with van der Waals surface area (Å²) in [7, 11) is -0.573. The van der Waals surface area contributed by atoms with Crippen molar-refractivity contribution in [1.29, 1.82) is 0 Å². The Hall–Kier alpha value is -2.52. The standard InChI is InChI=1S/C30H44BBrN6O6/c1-18(2)15-25(31-43-24-17-20-16-23(29(20,3)4)30(24,5)44-31)35-27(40)22(7-6-14-33-28-36-37(28)38(41)42)34-26(39)13-10-19-8-11-21(32)12-9-19/h8-13,18,20,22-25,28,33,36H,6-7,14-17H2,1-5H3,(H,34,39)(H,35,40)/t20-,22-,23-,24+,25-,28?,30-,37?/m0/s1. The van der Waals surface area contributed by atoms with Crippen LogP contribution in [0.3, 0.4) is 0 Å². The van der Waals surface area contributed by atoms with Gasteiger partial charge in [-0.3, -0.25) is 14.9 Å². The molecule has 3 saturated carbocycles. The summed E-state index contributed by atoms with van der Waals surface area (Å²) in [5.41, 5.74) is 3.26. The van der Waals surface area contributed by atoms with E-state index in [-0.39, 0.29) is 29.3 Å². The lowest BCUT2D eigenvalue weighted by Gasteiger charge is -2.64. The number of hydrazine groups is 2. The Bertz CT molecular complexity index is 1270. The summed E-state index contributed by atoms with van der Waals surface area (Å²) < 4.78 is 14.2. The maximum atomic E-state index is 13.8. The molecule has 1 unspecified atom stereocenters. The molecule has 2 heterocycles. The highest BCUT2D eigenvalue weighted by Crippen LogP contribution is 2.65. The molecule has 1 aromatic rings.